The Labute approximate surface area is 122 Å². The van der Waals surface area contributed by atoms with Gasteiger partial charge in [0.15, 0.2) is 0 Å². The molecule has 6 heteroatoms. The third kappa shape index (κ3) is 3.46. The van der Waals surface area contributed by atoms with Crippen LogP contribution < -0.4 is 4.72 Å². The maximum atomic E-state index is 12.1. The summed E-state index contributed by atoms with van der Waals surface area (Å²) in [6, 6.07) is 13.9. The van der Waals surface area contributed by atoms with Gasteiger partial charge in [0.05, 0.1) is 16.5 Å². The Balaban J connectivity index is 2.26. The smallest absolute Gasteiger partial charge is 0.265 e. The number of hydrogen-bond acceptors (Lipinski definition) is 4. The second kappa shape index (κ2) is 5.77. The number of hydrogen-bond donors (Lipinski definition) is 1. The average Bonchev–Trinajstić information content (AvgIpc) is 2.47. The average molecular weight is 300 g/mol. The number of benzene rings is 2. The quantitative estimate of drug-likeness (QED) is 0.939. The number of carbonyl (C=O) groups is 1. The lowest BCUT2D eigenvalue weighted by molar-refractivity contribution is 0.0981. The molecular weight excluding hydrogens is 288 g/mol. The van der Waals surface area contributed by atoms with Gasteiger partial charge in [-0.25, -0.2) is 13.1 Å². The summed E-state index contributed by atoms with van der Waals surface area (Å²) < 4.78 is 26.2. The van der Waals surface area contributed by atoms with E-state index in [0.717, 1.165) is 5.56 Å². The zero-order valence-electron chi connectivity index (χ0n) is 11.2. The van der Waals surface area contributed by atoms with E-state index in [1.807, 2.05) is 17.7 Å². The highest BCUT2D eigenvalue weighted by Gasteiger charge is 2.18. The second-order valence-corrected chi connectivity index (χ2v) is 6.12. The Hall–Kier alpha value is -2.65. The van der Waals surface area contributed by atoms with Crippen LogP contribution in [0.25, 0.3) is 0 Å². The SMILES string of the molecule is Cc1ccc(S(=O)(=O)NC(=O)c2cccc(C#N)c2)cc1. The molecule has 1 N–H and O–H groups in total. The Morgan fingerprint density at radius 1 is 1.14 bits per heavy atom. The van der Waals surface area contributed by atoms with E-state index in [1.165, 1.54) is 36.4 Å². The summed E-state index contributed by atoms with van der Waals surface area (Å²) in [6.45, 7) is 1.84. The lowest BCUT2D eigenvalue weighted by Gasteiger charge is -2.07. The Kier molecular flexibility index (Phi) is 4.05. The molecular formula is C15H12N2O3S. The molecule has 2 rings (SSSR count). The van der Waals surface area contributed by atoms with Crippen molar-refractivity contribution in [3.8, 4) is 6.07 Å². The maximum absolute atomic E-state index is 12.1. The summed E-state index contributed by atoms with van der Waals surface area (Å²) in [4.78, 5) is 12.0. The van der Waals surface area contributed by atoms with Crippen molar-refractivity contribution in [2.24, 2.45) is 0 Å². The van der Waals surface area contributed by atoms with E-state index in [-0.39, 0.29) is 16.0 Å². The number of amides is 1. The summed E-state index contributed by atoms with van der Waals surface area (Å²) in [7, 11) is -3.93. The summed E-state index contributed by atoms with van der Waals surface area (Å²) in [6.07, 6.45) is 0. The molecule has 2 aromatic carbocycles. The van der Waals surface area contributed by atoms with Crippen molar-refractivity contribution in [1.29, 1.82) is 5.26 Å². The zero-order valence-corrected chi connectivity index (χ0v) is 12.0. The van der Waals surface area contributed by atoms with Crippen LogP contribution in [0.4, 0.5) is 0 Å². The van der Waals surface area contributed by atoms with Crippen LogP contribution in [0.3, 0.4) is 0 Å². The normalized spacial score (nSPS) is 10.7. The maximum Gasteiger partial charge on any atom is 0.265 e. The molecule has 0 spiro atoms. The van der Waals surface area contributed by atoms with Gasteiger partial charge in [-0.2, -0.15) is 5.26 Å². The number of nitriles is 1. The third-order valence-corrected chi connectivity index (χ3v) is 4.16. The fourth-order valence-corrected chi connectivity index (χ4v) is 2.66. The Morgan fingerprint density at radius 3 is 2.43 bits per heavy atom. The van der Waals surface area contributed by atoms with Crippen molar-refractivity contribution in [2.75, 3.05) is 0 Å². The Bertz CT molecular complexity index is 819. The molecule has 0 aliphatic carbocycles. The van der Waals surface area contributed by atoms with E-state index < -0.39 is 15.9 Å². The van der Waals surface area contributed by atoms with Gasteiger partial charge in [0.25, 0.3) is 15.9 Å². The van der Waals surface area contributed by atoms with Crippen molar-refractivity contribution in [3.63, 3.8) is 0 Å². The molecule has 0 aliphatic rings. The third-order valence-electron chi connectivity index (χ3n) is 2.81. The highest BCUT2D eigenvalue weighted by atomic mass is 32.2. The van der Waals surface area contributed by atoms with Crippen LogP contribution in [-0.2, 0) is 10.0 Å². The van der Waals surface area contributed by atoms with Crippen molar-refractivity contribution in [3.05, 3.63) is 65.2 Å². The van der Waals surface area contributed by atoms with Crippen LogP contribution in [0.15, 0.2) is 53.4 Å². The molecule has 0 saturated carbocycles. The van der Waals surface area contributed by atoms with E-state index in [9.17, 15) is 13.2 Å². The van der Waals surface area contributed by atoms with E-state index in [2.05, 4.69) is 0 Å². The number of carbonyl (C=O) groups excluding carboxylic acids is 1. The van der Waals surface area contributed by atoms with Gasteiger partial charge in [0.2, 0.25) is 0 Å². The first kappa shape index (κ1) is 14.8. The van der Waals surface area contributed by atoms with Crippen LogP contribution in [0.1, 0.15) is 21.5 Å². The van der Waals surface area contributed by atoms with Crippen molar-refractivity contribution in [1.82, 2.24) is 4.72 Å². The molecule has 0 radical (unpaired) electrons. The van der Waals surface area contributed by atoms with Gasteiger partial charge in [-0.15, -0.1) is 0 Å². The molecule has 0 heterocycles. The van der Waals surface area contributed by atoms with E-state index in [1.54, 1.807) is 12.1 Å². The van der Waals surface area contributed by atoms with Gasteiger partial charge in [-0.05, 0) is 37.3 Å². The van der Waals surface area contributed by atoms with Crippen LogP contribution in [0, 0.1) is 18.3 Å². The molecule has 106 valence electrons. The first-order valence-corrected chi connectivity index (χ1v) is 7.55. The van der Waals surface area contributed by atoms with Crippen LogP contribution >= 0.6 is 0 Å². The molecule has 5 nitrogen and oxygen atoms in total. The van der Waals surface area contributed by atoms with Crippen LogP contribution in [0.5, 0.6) is 0 Å². The van der Waals surface area contributed by atoms with Gasteiger partial charge in [0.1, 0.15) is 0 Å². The van der Waals surface area contributed by atoms with Crippen molar-refractivity contribution >= 4 is 15.9 Å². The molecule has 0 aliphatic heterocycles. The summed E-state index contributed by atoms with van der Waals surface area (Å²) in [5, 5.41) is 8.78. The van der Waals surface area contributed by atoms with Gasteiger partial charge >= 0.3 is 0 Å². The summed E-state index contributed by atoms with van der Waals surface area (Å²) >= 11 is 0. The highest BCUT2D eigenvalue weighted by Crippen LogP contribution is 2.11. The molecule has 2 aromatic rings. The standard InChI is InChI=1S/C15H12N2O3S/c1-11-5-7-14(8-6-11)21(19,20)17-15(18)13-4-2-3-12(9-13)10-16/h2-9H,1H3,(H,17,18). The topological polar surface area (TPSA) is 87.0 Å². The first-order chi connectivity index (χ1) is 9.92. The zero-order chi connectivity index (χ0) is 15.5. The number of rotatable bonds is 3. The summed E-state index contributed by atoms with van der Waals surface area (Å²) in [5.41, 5.74) is 1.32. The molecule has 0 fully saturated rings. The fraction of sp³-hybridized carbons (Fsp3) is 0.0667. The highest BCUT2D eigenvalue weighted by molar-refractivity contribution is 7.90. The molecule has 0 saturated heterocycles. The largest absolute Gasteiger partial charge is 0.268 e. The van der Waals surface area contributed by atoms with E-state index >= 15 is 0 Å². The van der Waals surface area contributed by atoms with Gasteiger partial charge in [-0.3, -0.25) is 4.79 Å². The minimum absolute atomic E-state index is 0.0119. The van der Waals surface area contributed by atoms with Crippen molar-refractivity contribution in [2.45, 2.75) is 11.8 Å². The van der Waals surface area contributed by atoms with Gasteiger partial charge < -0.3 is 0 Å². The molecule has 0 atom stereocenters. The minimum atomic E-state index is -3.93. The molecule has 0 bridgehead atoms. The van der Waals surface area contributed by atoms with Gasteiger partial charge in [-0.1, -0.05) is 23.8 Å². The predicted molar refractivity (Wildman–Crippen MR) is 77.0 cm³/mol. The molecule has 0 unspecified atom stereocenters. The number of nitrogens with one attached hydrogen (secondary N) is 1. The van der Waals surface area contributed by atoms with E-state index in [4.69, 9.17) is 5.26 Å². The molecule has 1 amide bonds. The molecule has 0 aromatic heterocycles. The lowest BCUT2D eigenvalue weighted by atomic mass is 10.1. The minimum Gasteiger partial charge on any atom is -0.268 e. The second-order valence-electron chi connectivity index (χ2n) is 4.44. The predicted octanol–water partition coefficient (Wildman–Crippen LogP) is 1.99. The summed E-state index contributed by atoms with van der Waals surface area (Å²) in [5.74, 6) is -0.771. The number of nitrogens with zero attached hydrogens (tertiary/aromatic N) is 1. The monoisotopic (exact) mass is 300 g/mol. The fourth-order valence-electron chi connectivity index (χ4n) is 1.69. The van der Waals surface area contributed by atoms with Crippen LogP contribution in [0.2, 0.25) is 0 Å². The first-order valence-electron chi connectivity index (χ1n) is 6.06. The Morgan fingerprint density at radius 2 is 1.81 bits per heavy atom. The van der Waals surface area contributed by atoms with Crippen LogP contribution in [-0.4, -0.2) is 14.3 Å². The van der Waals surface area contributed by atoms with E-state index in [0.29, 0.717) is 0 Å². The van der Waals surface area contributed by atoms with Crippen molar-refractivity contribution < 1.29 is 13.2 Å². The lowest BCUT2D eigenvalue weighted by Crippen LogP contribution is -2.30. The number of aryl methyl sites for hydroxylation is 1. The number of sulfonamides is 1. The van der Waals surface area contributed by atoms with Gasteiger partial charge in [0, 0.05) is 5.56 Å². The molecule has 21 heavy (non-hydrogen) atoms.